The minimum atomic E-state index is 1.05. The molecule has 0 bridgehead atoms. The van der Waals surface area contributed by atoms with E-state index >= 15 is 0 Å². The van der Waals surface area contributed by atoms with Gasteiger partial charge in [-0.15, -0.1) is 0 Å². The molecule has 2 aliphatic carbocycles. The molecule has 0 saturated heterocycles. The fourth-order valence-corrected chi connectivity index (χ4v) is 2.30. The van der Waals surface area contributed by atoms with Crippen molar-refractivity contribution < 1.29 is 0 Å². The molecule has 0 aromatic carbocycles. The zero-order valence-corrected chi connectivity index (χ0v) is 10.0. The minimum absolute atomic E-state index is 1.05. The van der Waals surface area contributed by atoms with Gasteiger partial charge in [0.2, 0.25) is 0 Å². The summed E-state index contributed by atoms with van der Waals surface area (Å²) in [4.78, 5) is 0. The van der Waals surface area contributed by atoms with Crippen LogP contribution in [0.2, 0.25) is 0 Å². The fraction of sp³-hybridized carbons (Fsp3) is 0.500. The maximum absolute atomic E-state index is 4.09. The molecule has 0 heterocycles. The van der Waals surface area contributed by atoms with E-state index in [1.165, 1.54) is 62.5 Å². The third-order valence-electron chi connectivity index (χ3n) is 3.34. The Bertz CT molecular complexity index is 382. The smallest absolute Gasteiger partial charge is 0.0205 e. The minimum Gasteiger partial charge on any atom is -0.0830 e. The zero-order chi connectivity index (χ0) is 11.2. The summed E-state index contributed by atoms with van der Waals surface area (Å²) in [6, 6.07) is 0. The van der Waals surface area contributed by atoms with Gasteiger partial charge in [-0.1, -0.05) is 30.6 Å². The van der Waals surface area contributed by atoms with E-state index < -0.39 is 0 Å². The molecule has 0 heteroatoms. The van der Waals surface area contributed by atoms with Gasteiger partial charge in [0.25, 0.3) is 0 Å². The third kappa shape index (κ3) is 3.14. The molecule has 0 amide bonds. The lowest BCUT2D eigenvalue weighted by Gasteiger charge is -2.11. The molecule has 84 valence electrons. The van der Waals surface area contributed by atoms with Gasteiger partial charge in [-0.2, -0.15) is 0 Å². The molecule has 0 unspecified atom stereocenters. The van der Waals surface area contributed by atoms with Crippen molar-refractivity contribution in [2.45, 2.75) is 51.4 Å². The summed E-state index contributed by atoms with van der Waals surface area (Å²) in [6.45, 7) is 4.09. The van der Waals surface area contributed by atoms with E-state index in [0.29, 0.717) is 0 Å². The average molecular weight is 212 g/mol. The molecular weight excluding hydrogens is 192 g/mol. The highest BCUT2D eigenvalue weighted by molar-refractivity contribution is 5.47. The predicted molar refractivity (Wildman–Crippen MR) is 70.0 cm³/mol. The first-order valence-electron chi connectivity index (χ1n) is 6.45. The maximum atomic E-state index is 4.09. The van der Waals surface area contributed by atoms with E-state index in [1.807, 2.05) is 0 Å². The van der Waals surface area contributed by atoms with Crippen molar-refractivity contribution in [2.24, 2.45) is 0 Å². The molecule has 16 heavy (non-hydrogen) atoms. The Morgan fingerprint density at radius 3 is 2.38 bits per heavy atom. The highest BCUT2D eigenvalue weighted by Gasteiger charge is 2.05. The summed E-state index contributed by atoms with van der Waals surface area (Å²) >= 11 is 0. The Kier molecular flexibility index (Phi) is 4.05. The van der Waals surface area contributed by atoms with Crippen LogP contribution < -0.4 is 0 Å². The first-order chi connectivity index (χ1) is 7.86. The van der Waals surface area contributed by atoms with Crippen LogP contribution >= 0.6 is 0 Å². The Labute approximate surface area is 99.1 Å². The monoisotopic (exact) mass is 212 g/mol. The van der Waals surface area contributed by atoms with E-state index in [-0.39, 0.29) is 0 Å². The fourth-order valence-electron chi connectivity index (χ4n) is 2.30. The predicted octanol–water partition coefficient (Wildman–Crippen LogP) is 4.55. The number of hydrogen-bond acceptors (Lipinski definition) is 0. The topological polar surface area (TPSA) is 0 Å². The van der Waals surface area contributed by atoms with E-state index in [4.69, 9.17) is 0 Å². The van der Waals surface area contributed by atoms with Crippen LogP contribution in [-0.4, -0.2) is 0 Å². The molecule has 0 aromatic rings. The molecule has 2 rings (SSSR count). The summed E-state index contributed by atoms with van der Waals surface area (Å²) in [7, 11) is 0. The summed E-state index contributed by atoms with van der Waals surface area (Å²) in [5.41, 5.74) is 3.75. The van der Waals surface area contributed by atoms with Crippen molar-refractivity contribution in [2.75, 3.05) is 0 Å². The second-order valence-electron chi connectivity index (χ2n) is 4.68. The lowest BCUT2D eigenvalue weighted by atomic mass is 9.94. The molecule has 0 fully saturated rings. The van der Waals surface area contributed by atoms with Crippen LogP contribution in [0.25, 0.3) is 0 Å². The highest BCUT2D eigenvalue weighted by Crippen LogP contribution is 2.23. The lowest BCUT2D eigenvalue weighted by molar-refractivity contribution is 0.709. The molecule has 0 nitrogen and oxygen atoms in total. The Morgan fingerprint density at radius 1 is 1.00 bits per heavy atom. The normalized spacial score (nSPS) is 20.2. The number of rotatable bonds is 1. The van der Waals surface area contributed by atoms with Crippen molar-refractivity contribution in [1.29, 1.82) is 0 Å². The molecule has 0 spiro atoms. The number of hydrogen-bond donors (Lipinski definition) is 0. The molecule has 0 aliphatic heterocycles. The van der Waals surface area contributed by atoms with Crippen LogP contribution in [0.15, 0.2) is 35.5 Å². The van der Waals surface area contributed by atoms with Crippen LogP contribution in [-0.2, 0) is 0 Å². The lowest BCUT2D eigenvalue weighted by Crippen LogP contribution is -1.94. The first kappa shape index (κ1) is 11.3. The van der Waals surface area contributed by atoms with Gasteiger partial charge in [0.05, 0.1) is 0 Å². The van der Waals surface area contributed by atoms with Crippen molar-refractivity contribution >= 4 is 0 Å². The quantitative estimate of drug-likeness (QED) is 0.559. The SMILES string of the molecule is C=C(C#CC1=CCCCC1)C1=CCCCC1. The molecule has 0 N–H and O–H groups in total. The Morgan fingerprint density at radius 2 is 1.75 bits per heavy atom. The van der Waals surface area contributed by atoms with Gasteiger partial charge < -0.3 is 0 Å². The molecule has 2 aliphatic rings. The second kappa shape index (κ2) is 5.75. The summed E-state index contributed by atoms with van der Waals surface area (Å²) in [5.74, 6) is 6.53. The van der Waals surface area contributed by atoms with Gasteiger partial charge >= 0.3 is 0 Å². The van der Waals surface area contributed by atoms with Gasteiger partial charge in [-0.05, 0) is 62.5 Å². The largest absolute Gasteiger partial charge is 0.0830 e. The molecular formula is C16H20. The van der Waals surface area contributed by atoms with E-state index in [0.717, 1.165) is 5.57 Å². The summed E-state index contributed by atoms with van der Waals surface area (Å²) < 4.78 is 0. The Hall–Kier alpha value is -1.22. The van der Waals surface area contributed by atoms with Gasteiger partial charge in [0.1, 0.15) is 0 Å². The zero-order valence-electron chi connectivity index (χ0n) is 10.0. The second-order valence-corrected chi connectivity index (χ2v) is 4.68. The van der Waals surface area contributed by atoms with Crippen LogP contribution in [0.4, 0.5) is 0 Å². The molecule has 0 atom stereocenters. The van der Waals surface area contributed by atoms with Crippen LogP contribution in [0, 0.1) is 11.8 Å². The number of allylic oxidation sites excluding steroid dienone is 5. The average Bonchev–Trinajstić information content (AvgIpc) is 2.38. The Balaban J connectivity index is 1.98. The third-order valence-corrected chi connectivity index (χ3v) is 3.34. The molecule has 0 saturated carbocycles. The highest BCUT2D eigenvalue weighted by atomic mass is 14.1. The van der Waals surface area contributed by atoms with E-state index in [2.05, 4.69) is 30.6 Å². The standard InChI is InChI=1S/C16H20/c1-14(16-10-6-3-7-11-16)12-13-15-8-4-2-5-9-15/h8,10H,1-7,9,11H2. The van der Waals surface area contributed by atoms with Crippen molar-refractivity contribution in [1.82, 2.24) is 0 Å². The summed E-state index contributed by atoms with van der Waals surface area (Å²) in [5, 5.41) is 0. The van der Waals surface area contributed by atoms with Crippen molar-refractivity contribution in [3.05, 3.63) is 35.5 Å². The maximum Gasteiger partial charge on any atom is 0.0205 e. The molecule has 0 aromatic heterocycles. The van der Waals surface area contributed by atoms with Gasteiger partial charge in [0, 0.05) is 5.57 Å². The van der Waals surface area contributed by atoms with Gasteiger partial charge in [-0.25, -0.2) is 0 Å². The van der Waals surface area contributed by atoms with E-state index in [1.54, 1.807) is 0 Å². The molecule has 0 radical (unpaired) electrons. The van der Waals surface area contributed by atoms with Gasteiger partial charge in [-0.3, -0.25) is 0 Å². The van der Waals surface area contributed by atoms with E-state index in [9.17, 15) is 0 Å². The first-order valence-corrected chi connectivity index (χ1v) is 6.45. The van der Waals surface area contributed by atoms with Crippen LogP contribution in [0.5, 0.6) is 0 Å². The van der Waals surface area contributed by atoms with Crippen LogP contribution in [0.3, 0.4) is 0 Å². The van der Waals surface area contributed by atoms with Crippen LogP contribution in [0.1, 0.15) is 51.4 Å². The van der Waals surface area contributed by atoms with Crippen molar-refractivity contribution in [3.63, 3.8) is 0 Å². The van der Waals surface area contributed by atoms with Gasteiger partial charge in [0.15, 0.2) is 0 Å². The summed E-state index contributed by atoms with van der Waals surface area (Å²) in [6.07, 6.45) is 14.6. The van der Waals surface area contributed by atoms with Crippen molar-refractivity contribution in [3.8, 4) is 11.8 Å².